The molecule has 1 aliphatic heterocycles. The van der Waals surface area contributed by atoms with Gasteiger partial charge in [0.2, 0.25) is 10.0 Å². The molecule has 0 aromatic heterocycles. The zero-order valence-electron chi connectivity index (χ0n) is 7.23. The first-order chi connectivity index (χ1) is 5.55. The van der Waals surface area contributed by atoms with Crippen molar-refractivity contribution in [2.45, 2.75) is 25.3 Å². The van der Waals surface area contributed by atoms with E-state index in [1.807, 2.05) is 0 Å². The van der Waals surface area contributed by atoms with E-state index in [0.29, 0.717) is 6.54 Å². The Hall–Kier alpha value is -0.130. The maximum atomic E-state index is 11.2. The zero-order valence-corrected chi connectivity index (χ0v) is 8.05. The van der Waals surface area contributed by atoms with Crippen molar-refractivity contribution in [1.29, 1.82) is 0 Å². The van der Waals surface area contributed by atoms with Crippen molar-refractivity contribution in [3.8, 4) is 0 Å². The van der Waals surface area contributed by atoms with Crippen molar-refractivity contribution in [3.63, 3.8) is 0 Å². The third-order valence-electron chi connectivity index (χ3n) is 2.21. The molecule has 0 radical (unpaired) electrons. The van der Waals surface area contributed by atoms with Crippen LogP contribution < -0.4 is 0 Å². The van der Waals surface area contributed by atoms with Crippen molar-refractivity contribution in [2.75, 3.05) is 19.4 Å². The van der Waals surface area contributed by atoms with Gasteiger partial charge in [-0.1, -0.05) is 6.42 Å². The van der Waals surface area contributed by atoms with Gasteiger partial charge in [0.1, 0.15) is 0 Å². The van der Waals surface area contributed by atoms with E-state index in [9.17, 15) is 8.42 Å². The molecule has 0 aromatic rings. The van der Waals surface area contributed by atoms with E-state index in [2.05, 4.69) is 0 Å². The van der Waals surface area contributed by atoms with Crippen LogP contribution in [0.5, 0.6) is 0 Å². The second-order valence-corrected chi connectivity index (χ2v) is 5.14. The lowest BCUT2D eigenvalue weighted by Gasteiger charge is -2.32. The maximum Gasteiger partial charge on any atom is 0.211 e. The average molecular weight is 193 g/mol. The summed E-state index contributed by atoms with van der Waals surface area (Å²) in [7, 11) is -3.11. The second kappa shape index (κ2) is 3.72. The van der Waals surface area contributed by atoms with Crippen LogP contribution in [0.4, 0.5) is 0 Å². The Morgan fingerprint density at radius 1 is 1.50 bits per heavy atom. The number of aliphatic hydroxyl groups is 1. The van der Waals surface area contributed by atoms with Crippen LogP contribution in [0.2, 0.25) is 0 Å². The Kier molecular flexibility index (Phi) is 3.09. The highest BCUT2D eigenvalue weighted by Crippen LogP contribution is 2.18. The van der Waals surface area contributed by atoms with Crippen LogP contribution in [0.1, 0.15) is 19.3 Å². The lowest BCUT2D eigenvalue weighted by atomic mass is 10.1. The average Bonchev–Trinajstić information content (AvgIpc) is 2.03. The van der Waals surface area contributed by atoms with E-state index < -0.39 is 10.0 Å². The quantitative estimate of drug-likeness (QED) is 0.660. The van der Waals surface area contributed by atoms with Gasteiger partial charge in [-0.2, -0.15) is 4.31 Å². The van der Waals surface area contributed by atoms with Gasteiger partial charge in [0.05, 0.1) is 12.9 Å². The van der Waals surface area contributed by atoms with Crippen molar-refractivity contribution < 1.29 is 13.5 Å². The number of rotatable bonds is 2. The largest absolute Gasteiger partial charge is 0.395 e. The molecule has 0 aromatic carbocycles. The van der Waals surface area contributed by atoms with E-state index in [1.54, 1.807) is 0 Å². The fourth-order valence-corrected chi connectivity index (χ4v) is 2.77. The fourth-order valence-electron chi connectivity index (χ4n) is 1.59. The van der Waals surface area contributed by atoms with Crippen LogP contribution in [-0.4, -0.2) is 43.3 Å². The summed E-state index contributed by atoms with van der Waals surface area (Å²) in [5.74, 6) is 0. The molecule has 0 saturated carbocycles. The monoisotopic (exact) mass is 193 g/mol. The number of aliphatic hydroxyl groups excluding tert-OH is 1. The molecule has 0 amide bonds. The van der Waals surface area contributed by atoms with Gasteiger partial charge >= 0.3 is 0 Å². The predicted molar refractivity (Wildman–Crippen MR) is 46.3 cm³/mol. The van der Waals surface area contributed by atoms with E-state index in [4.69, 9.17) is 5.11 Å². The van der Waals surface area contributed by atoms with Gasteiger partial charge in [-0.3, -0.25) is 0 Å². The Labute approximate surface area is 73.2 Å². The topological polar surface area (TPSA) is 57.6 Å². The molecule has 1 unspecified atom stereocenters. The van der Waals surface area contributed by atoms with Crippen LogP contribution in [0.25, 0.3) is 0 Å². The molecule has 0 spiro atoms. The Bertz CT molecular complexity index is 237. The van der Waals surface area contributed by atoms with Crippen LogP contribution in [-0.2, 0) is 10.0 Å². The lowest BCUT2D eigenvalue weighted by Crippen LogP contribution is -2.44. The summed E-state index contributed by atoms with van der Waals surface area (Å²) in [6.45, 7) is 0.497. The first-order valence-corrected chi connectivity index (χ1v) is 5.98. The van der Waals surface area contributed by atoms with Crippen molar-refractivity contribution in [1.82, 2.24) is 4.31 Å². The number of hydrogen-bond acceptors (Lipinski definition) is 3. The molecular formula is C7H15NO3S. The summed E-state index contributed by atoms with van der Waals surface area (Å²) >= 11 is 0. The van der Waals surface area contributed by atoms with Gasteiger partial charge in [0.15, 0.2) is 0 Å². The smallest absolute Gasteiger partial charge is 0.211 e. The summed E-state index contributed by atoms with van der Waals surface area (Å²) in [5, 5.41) is 8.92. The summed E-state index contributed by atoms with van der Waals surface area (Å²) in [6, 6.07) is -0.186. The van der Waals surface area contributed by atoms with Gasteiger partial charge in [0.25, 0.3) is 0 Å². The van der Waals surface area contributed by atoms with Gasteiger partial charge in [-0.05, 0) is 12.8 Å². The normalized spacial score (nSPS) is 27.3. The van der Waals surface area contributed by atoms with Crippen LogP contribution in [0.3, 0.4) is 0 Å². The number of piperidine rings is 1. The first-order valence-electron chi connectivity index (χ1n) is 4.13. The molecule has 4 nitrogen and oxygen atoms in total. The van der Waals surface area contributed by atoms with Crippen LogP contribution in [0.15, 0.2) is 0 Å². The molecule has 1 atom stereocenters. The van der Waals surface area contributed by atoms with Gasteiger partial charge < -0.3 is 5.11 Å². The molecule has 1 fully saturated rings. The number of nitrogens with zero attached hydrogens (tertiary/aromatic N) is 1. The van der Waals surface area contributed by atoms with Crippen LogP contribution >= 0.6 is 0 Å². The second-order valence-electron chi connectivity index (χ2n) is 3.21. The molecule has 1 heterocycles. The lowest BCUT2D eigenvalue weighted by molar-refractivity contribution is 0.156. The summed E-state index contributed by atoms with van der Waals surface area (Å²) < 4.78 is 23.7. The van der Waals surface area contributed by atoms with Crippen molar-refractivity contribution >= 4 is 10.0 Å². The molecule has 72 valence electrons. The Balaban J connectivity index is 2.72. The minimum Gasteiger partial charge on any atom is -0.395 e. The minimum atomic E-state index is -3.11. The highest BCUT2D eigenvalue weighted by molar-refractivity contribution is 7.88. The summed E-state index contributed by atoms with van der Waals surface area (Å²) in [6.07, 6.45) is 3.89. The first kappa shape index (κ1) is 9.95. The van der Waals surface area contributed by atoms with Gasteiger partial charge in [0, 0.05) is 12.6 Å². The third-order valence-corrected chi connectivity index (χ3v) is 3.54. The number of hydrogen-bond donors (Lipinski definition) is 1. The molecule has 12 heavy (non-hydrogen) atoms. The molecular weight excluding hydrogens is 178 g/mol. The van der Waals surface area contributed by atoms with E-state index >= 15 is 0 Å². The SMILES string of the molecule is CS(=O)(=O)N1CCCCC1CO. The Morgan fingerprint density at radius 3 is 2.58 bits per heavy atom. The van der Waals surface area contributed by atoms with Crippen molar-refractivity contribution in [2.24, 2.45) is 0 Å². The Morgan fingerprint density at radius 2 is 2.17 bits per heavy atom. The standard InChI is InChI=1S/C7H15NO3S/c1-12(10,11)8-5-3-2-4-7(8)6-9/h7,9H,2-6H2,1H3. The molecule has 1 aliphatic rings. The maximum absolute atomic E-state index is 11.2. The molecule has 1 saturated heterocycles. The summed E-state index contributed by atoms with van der Waals surface area (Å²) in [4.78, 5) is 0. The molecule has 0 bridgehead atoms. The minimum absolute atomic E-state index is 0.0624. The summed E-state index contributed by atoms with van der Waals surface area (Å²) in [5.41, 5.74) is 0. The third kappa shape index (κ3) is 2.18. The molecule has 5 heteroatoms. The molecule has 1 rings (SSSR count). The molecule has 0 aliphatic carbocycles. The highest BCUT2D eigenvalue weighted by Gasteiger charge is 2.28. The predicted octanol–water partition coefficient (Wildman–Crippen LogP) is -0.207. The van der Waals surface area contributed by atoms with E-state index in [0.717, 1.165) is 19.3 Å². The zero-order chi connectivity index (χ0) is 9.19. The van der Waals surface area contributed by atoms with Crippen molar-refractivity contribution in [3.05, 3.63) is 0 Å². The van der Waals surface area contributed by atoms with E-state index in [1.165, 1.54) is 10.6 Å². The van der Waals surface area contributed by atoms with Crippen LogP contribution in [0, 0.1) is 0 Å². The van der Waals surface area contributed by atoms with E-state index in [-0.39, 0.29) is 12.6 Å². The fraction of sp³-hybridized carbons (Fsp3) is 1.00. The molecule has 1 N–H and O–H groups in total. The van der Waals surface area contributed by atoms with Gasteiger partial charge in [-0.25, -0.2) is 8.42 Å². The number of sulfonamides is 1. The highest BCUT2D eigenvalue weighted by atomic mass is 32.2. The van der Waals surface area contributed by atoms with Gasteiger partial charge in [-0.15, -0.1) is 0 Å².